The average Bonchev–Trinajstić information content (AvgIpc) is 2.87. The summed E-state index contributed by atoms with van der Waals surface area (Å²) in [5, 5.41) is 2.82. The Bertz CT molecular complexity index is 400. The van der Waals surface area contributed by atoms with Gasteiger partial charge in [-0.1, -0.05) is 12.1 Å². The van der Waals surface area contributed by atoms with Crippen LogP contribution in [0.4, 0.5) is 0 Å². The highest BCUT2D eigenvalue weighted by Crippen LogP contribution is 2.12. The van der Waals surface area contributed by atoms with Crippen LogP contribution in [0.2, 0.25) is 0 Å². The molecule has 0 spiro atoms. The van der Waals surface area contributed by atoms with Gasteiger partial charge in [0.25, 0.3) is 5.91 Å². The normalized spacial score (nSPS) is 18.6. The minimum absolute atomic E-state index is 0.0518. The van der Waals surface area contributed by atoms with Crippen LogP contribution in [0.25, 0.3) is 0 Å². The Labute approximate surface area is 107 Å². The lowest BCUT2D eigenvalue weighted by Crippen LogP contribution is -2.35. The molecule has 4 nitrogen and oxygen atoms in total. The molecule has 1 N–H and O–H groups in total. The van der Waals surface area contributed by atoms with Gasteiger partial charge in [0.1, 0.15) is 5.75 Å². The Morgan fingerprint density at radius 3 is 3.17 bits per heavy atom. The molecule has 0 aromatic heterocycles. The van der Waals surface area contributed by atoms with Gasteiger partial charge in [-0.25, -0.2) is 0 Å². The molecule has 1 aromatic rings. The number of carbonyl (C=O) groups excluding carboxylic acids is 1. The lowest BCUT2D eigenvalue weighted by atomic mass is 10.2. The molecule has 0 unspecified atom stereocenters. The summed E-state index contributed by atoms with van der Waals surface area (Å²) in [6.45, 7) is 3.43. The summed E-state index contributed by atoms with van der Waals surface area (Å²) in [6.07, 6.45) is 2.28. The van der Waals surface area contributed by atoms with Gasteiger partial charge in [0.2, 0.25) is 0 Å². The molecule has 1 amide bonds. The molecule has 1 fully saturated rings. The number of hydrogen-bond acceptors (Lipinski definition) is 3. The van der Waals surface area contributed by atoms with Crippen LogP contribution >= 0.6 is 0 Å². The summed E-state index contributed by atoms with van der Waals surface area (Å²) >= 11 is 0. The second-order valence-electron chi connectivity index (χ2n) is 4.54. The van der Waals surface area contributed by atoms with Crippen LogP contribution < -0.4 is 10.1 Å². The van der Waals surface area contributed by atoms with Crippen LogP contribution in [0.15, 0.2) is 24.3 Å². The van der Waals surface area contributed by atoms with E-state index in [1.54, 1.807) is 0 Å². The lowest BCUT2D eigenvalue weighted by Gasteiger charge is -2.11. The SMILES string of the molecule is Cc1cccc(OCC(=O)NC[C@@H]2CCCO2)c1. The van der Waals surface area contributed by atoms with Crippen LogP contribution in [0, 0.1) is 6.92 Å². The largest absolute Gasteiger partial charge is 0.484 e. The van der Waals surface area contributed by atoms with Gasteiger partial charge >= 0.3 is 0 Å². The fourth-order valence-electron chi connectivity index (χ4n) is 1.94. The van der Waals surface area contributed by atoms with E-state index in [1.807, 2.05) is 31.2 Å². The molecule has 1 aromatic carbocycles. The molecule has 1 aliphatic rings. The highest BCUT2D eigenvalue weighted by atomic mass is 16.5. The van der Waals surface area contributed by atoms with Crippen molar-refractivity contribution in [2.45, 2.75) is 25.9 Å². The second kappa shape index (κ2) is 6.40. The van der Waals surface area contributed by atoms with Gasteiger partial charge in [-0.3, -0.25) is 4.79 Å². The molecule has 1 aliphatic heterocycles. The number of ether oxygens (including phenoxy) is 2. The van der Waals surface area contributed by atoms with E-state index in [0.29, 0.717) is 6.54 Å². The zero-order valence-corrected chi connectivity index (χ0v) is 10.6. The molecule has 0 bridgehead atoms. The minimum atomic E-state index is -0.105. The first-order valence-electron chi connectivity index (χ1n) is 6.32. The first-order chi connectivity index (χ1) is 8.74. The summed E-state index contributed by atoms with van der Waals surface area (Å²) in [7, 11) is 0. The molecular weight excluding hydrogens is 230 g/mol. The van der Waals surface area contributed by atoms with Crippen molar-refractivity contribution < 1.29 is 14.3 Å². The van der Waals surface area contributed by atoms with Gasteiger partial charge in [0.05, 0.1) is 6.10 Å². The first-order valence-corrected chi connectivity index (χ1v) is 6.32. The number of aryl methyl sites for hydroxylation is 1. The van der Waals surface area contributed by atoms with Crippen molar-refractivity contribution in [1.29, 1.82) is 0 Å². The van der Waals surface area contributed by atoms with Gasteiger partial charge in [0.15, 0.2) is 6.61 Å². The summed E-state index contributed by atoms with van der Waals surface area (Å²) < 4.78 is 10.8. The zero-order valence-electron chi connectivity index (χ0n) is 10.6. The van der Waals surface area contributed by atoms with E-state index in [0.717, 1.165) is 30.8 Å². The van der Waals surface area contributed by atoms with E-state index in [4.69, 9.17) is 9.47 Å². The molecule has 0 radical (unpaired) electrons. The van der Waals surface area contributed by atoms with E-state index in [2.05, 4.69) is 5.32 Å². The first kappa shape index (κ1) is 12.9. The van der Waals surface area contributed by atoms with E-state index in [-0.39, 0.29) is 18.6 Å². The Balaban J connectivity index is 1.68. The smallest absolute Gasteiger partial charge is 0.258 e. The van der Waals surface area contributed by atoms with E-state index in [1.165, 1.54) is 0 Å². The van der Waals surface area contributed by atoms with Crippen molar-refractivity contribution in [3.63, 3.8) is 0 Å². The summed E-state index contributed by atoms with van der Waals surface area (Å²) in [6, 6.07) is 7.66. The molecule has 0 saturated carbocycles. The number of carbonyl (C=O) groups is 1. The second-order valence-corrected chi connectivity index (χ2v) is 4.54. The van der Waals surface area contributed by atoms with Crippen molar-refractivity contribution in [2.75, 3.05) is 19.8 Å². The molecule has 1 atom stereocenters. The number of rotatable bonds is 5. The molecule has 1 heterocycles. The minimum Gasteiger partial charge on any atom is -0.484 e. The van der Waals surface area contributed by atoms with Crippen molar-refractivity contribution in [3.8, 4) is 5.75 Å². The van der Waals surface area contributed by atoms with Gasteiger partial charge < -0.3 is 14.8 Å². The van der Waals surface area contributed by atoms with Crippen LogP contribution in [0.5, 0.6) is 5.75 Å². The maximum absolute atomic E-state index is 11.6. The lowest BCUT2D eigenvalue weighted by molar-refractivity contribution is -0.123. The van der Waals surface area contributed by atoms with Crippen LogP contribution in [-0.2, 0) is 9.53 Å². The fraction of sp³-hybridized carbons (Fsp3) is 0.500. The van der Waals surface area contributed by atoms with E-state index >= 15 is 0 Å². The molecular formula is C14H19NO3. The molecule has 2 rings (SSSR count). The predicted molar refractivity (Wildman–Crippen MR) is 68.7 cm³/mol. The summed E-state index contributed by atoms with van der Waals surface area (Å²) in [5.74, 6) is 0.620. The third-order valence-electron chi connectivity index (χ3n) is 2.91. The maximum Gasteiger partial charge on any atom is 0.258 e. The third kappa shape index (κ3) is 4.04. The molecule has 4 heteroatoms. The molecule has 1 saturated heterocycles. The zero-order chi connectivity index (χ0) is 12.8. The van der Waals surface area contributed by atoms with Crippen molar-refractivity contribution in [1.82, 2.24) is 5.32 Å². The van der Waals surface area contributed by atoms with Crippen molar-refractivity contribution in [3.05, 3.63) is 29.8 Å². The van der Waals surface area contributed by atoms with Gasteiger partial charge in [-0.2, -0.15) is 0 Å². The number of nitrogens with one attached hydrogen (secondary N) is 1. The number of benzene rings is 1. The van der Waals surface area contributed by atoms with Crippen molar-refractivity contribution in [2.24, 2.45) is 0 Å². The topological polar surface area (TPSA) is 47.6 Å². The molecule has 98 valence electrons. The number of amides is 1. The molecule has 18 heavy (non-hydrogen) atoms. The highest BCUT2D eigenvalue weighted by Gasteiger charge is 2.16. The quantitative estimate of drug-likeness (QED) is 0.863. The molecule has 0 aliphatic carbocycles. The Morgan fingerprint density at radius 1 is 1.56 bits per heavy atom. The monoisotopic (exact) mass is 249 g/mol. The average molecular weight is 249 g/mol. The van der Waals surface area contributed by atoms with Gasteiger partial charge in [0, 0.05) is 13.2 Å². The summed E-state index contributed by atoms with van der Waals surface area (Å²) in [4.78, 5) is 11.6. The van der Waals surface area contributed by atoms with Crippen LogP contribution in [-0.4, -0.2) is 31.8 Å². The Kier molecular flexibility index (Phi) is 4.59. The fourth-order valence-corrected chi connectivity index (χ4v) is 1.94. The highest BCUT2D eigenvalue weighted by molar-refractivity contribution is 5.77. The Morgan fingerprint density at radius 2 is 2.44 bits per heavy atom. The number of hydrogen-bond donors (Lipinski definition) is 1. The van der Waals surface area contributed by atoms with Crippen molar-refractivity contribution >= 4 is 5.91 Å². The Hall–Kier alpha value is -1.55. The van der Waals surface area contributed by atoms with Crippen LogP contribution in [0.1, 0.15) is 18.4 Å². The predicted octanol–water partition coefficient (Wildman–Crippen LogP) is 1.67. The van der Waals surface area contributed by atoms with Gasteiger partial charge in [-0.15, -0.1) is 0 Å². The summed E-state index contributed by atoms with van der Waals surface area (Å²) in [5.41, 5.74) is 1.12. The van der Waals surface area contributed by atoms with Gasteiger partial charge in [-0.05, 0) is 37.5 Å². The van der Waals surface area contributed by atoms with E-state index in [9.17, 15) is 4.79 Å². The standard InChI is InChI=1S/C14H19NO3/c1-11-4-2-5-12(8-11)18-10-14(16)15-9-13-6-3-7-17-13/h2,4-5,8,13H,3,6-7,9-10H2,1H3,(H,15,16)/t13-/m0/s1. The van der Waals surface area contributed by atoms with Crippen LogP contribution in [0.3, 0.4) is 0 Å². The maximum atomic E-state index is 11.6. The third-order valence-corrected chi connectivity index (χ3v) is 2.91. The van der Waals surface area contributed by atoms with E-state index < -0.39 is 0 Å².